The van der Waals surface area contributed by atoms with Crippen molar-refractivity contribution >= 4 is 11.0 Å². The summed E-state index contributed by atoms with van der Waals surface area (Å²) in [4.78, 5) is 12.2. The number of benzene rings is 2. The van der Waals surface area contributed by atoms with Crippen LogP contribution in [0.15, 0.2) is 86.6 Å². The minimum Gasteiger partial charge on any atom is -0.457 e. The van der Waals surface area contributed by atoms with Crippen LogP contribution in [0.1, 0.15) is 0 Å². The normalized spacial score (nSPS) is 10.9. The summed E-state index contributed by atoms with van der Waals surface area (Å²) < 4.78 is 10.9. The molecule has 2 heterocycles. The molecule has 2 aromatic heterocycles. The SMILES string of the molecule is O=c1oc(-c2ccccc2)c(-c2ccccc2)c2ccoc12. The topological polar surface area (TPSA) is 43.4 Å². The second-order valence-electron chi connectivity index (χ2n) is 4.99. The third kappa shape index (κ3) is 1.95. The number of furan rings is 1. The average molecular weight is 288 g/mol. The van der Waals surface area contributed by atoms with Crippen LogP contribution in [0.4, 0.5) is 0 Å². The first-order valence-corrected chi connectivity index (χ1v) is 7.00. The van der Waals surface area contributed by atoms with Crippen molar-refractivity contribution in [2.45, 2.75) is 0 Å². The van der Waals surface area contributed by atoms with E-state index >= 15 is 0 Å². The largest absolute Gasteiger partial charge is 0.457 e. The Morgan fingerprint density at radius 2 is 1.36 bits per heavy atom. The summed E-state index contributed by atoms with van der Waals surface area (Å²) in [6.45, 7) is 0. The highest BCUT2D eigenvalue weighted by Gasteiger charge is 2.18. The molecule has 0 aliphatic carbocycles. The molecule has 3 heteroatoms. The van der Waals surface area contributed by atoms with Gasteiger partial charge in [-0.15, -0.1) is 0 Å². The minimum absolute atomic E-state index is 0.249. The van der Waals surface area contributed by atoms with Crippen molar-refractivity contribution in [2.24, 2.45) is 0 Å². The van der Waals surface area contributed by atoms with E-state index in [0.29, 0.717) is 5.76 Å². The molecule has 4 rings (SSSR count). The van der Waals surface area contributed by atoms with Crippen LogP contribution in [0.5, 0.6) is 0 Å². The maximum absolute atomic E-state index is 12.2. The zero-order valence-corrected chi connectivity index (χ0v) is 11.7. The van der Waals surface area contributed by atoms with Crippen LogP contribution < -0.4 is 5.63 Å². The van der Waals surface area contributed by atoms with E-state index < -0.39 is 5.63 Å². The molecule has 3 nitrogen and oxygen atoms in total. The molecule has 0 unspecified atom stereocenters. The molecule has 0 spiro atoms. The van der Waals surface area contributed by atoms with E-state index in [9.17, 15) is 4.79 Å². The Morgan fingerprint density at radius 1 is 0.727 bits per heavy atom. The van der Waals surface area contributed by atoms with E-state index in [1.54, 1.807) is 6.07 Å². The highest BCUT2D eigenvalue weighted by molar-refractivity contribution is 5.99. The third-order valence-electron chi connectivity index (χ3n) is 3.64. The lowest BCUT2D eigenvalue weighted by Crippen LogP contribution is -2.01. The molecule has 4 aromatic rings. The first kappa shape index (κ1) is 12.7. The van der Waals surface area contributed by atoms with Crippen LogP contribution >= 0.6 is 0 Å². The molecule has 0 saturated heterocycles. The van der Waals surface area contributed by atoms with Gasteiger partial charge >= 0.3 is 5.63 Å². The average Bonchev–Trinajstić information content (AvgIpc) is 3.06. The van der Waals surface area contributed by atoms with Gasteiger partial charge in [0.1, 0.15) is 5.76 Å². The number of hydrogen-bond acceptors (Lipinski definition) is 3. The Labute approximate surface area is 126 Å². The molecule has 0 N–H and O–H groups in total. The van der Waals surface area contributed by atoms with Crippen molar-refractivity contribution < 1.29 is 8.83 Å². The molecule has 0 radical (unpaired) electrons. The fourth-order valence-corrected chi connectivity index (χ4v) is 2.66. The molecule has 0 bridgehead atoms. The molecular formula is C19H12O3. The highest BCUT2D eigenvalue weighted by atomic mass is 16.4. The lowest BCUT2D eigenvalue weighted by molar-refractivity contribution is 0.509. The van der Waals surface area contributed by atoms with E-state index in [0.717, 1.165) is 22.1 Å². The van der Waals surface area contributed by atoms with Gasteiger partial charge in [-0.3, -0.25) is 0 Å². The highest BCUT2D eigenvalue weighted by Crippen LogP contribution is 2.36. The van der Waals surface area contributed by atoms with Crippen LogP contribution in [0.2, 0.25) is 0 Å². The van der Waals surface area contributed by atoms with Gasteiger partial charge in [-0.1, -0.05) is 60.7 Å². The molecule has 0 fully saturated rings. The van der Waals surface area contributed by atoms with Gasteiger partial charge in [0.25, 0.3) is 0 Å². The zero-order valence-electron chi connectivity index (χ0n) is 11.7. The molecule has 0 saturated carbocycles. The zero-order chi connectivity index (χ0) is 14.9. The van der Waals surface area contributed by atoms with Crippen LogP contribution in [0.3, 0.4) is 0 Å². The van der Waals surface area contributed by atoms with Gasteiger partial charge in [0.2, 0.25) is 5.58 Å². The molecular weight excluding hydrogens is 276 g/mol. The summed E-state index contributed by atoms with van der Waals surface area (Å²) in [7, 11) is 0. The first-order valence-electron chi connectivity index (χ1n) is 7.00. The Morgan fingerprint density at radius 3 is 2.05 bits per heavy atom. The van der Waals surface area contributed by atoms with Gasteiger partial charge in [-0.05, 0) is 11.6 Å². The summed E-state index contributed by atoms with van der Waals surface area (Å²) in [6.07, 6.45) is 1.52. The van der Waals surface area contributed by atoms with Gasteiger partial charge in [0, 0.05) is 16.5 Å². The van der Waals surface area contributed by atoms with Gasteiger partial charge in [0.05, 0.1) is 6.26 Å². The number of hydrogen-bond donors (Lipinski definition) is 0. The molecule has 22 heavy (non-hydrogen) atoms. The predicted octanol–water partition coefficient (Wildman–Crippen LogP) is 4.72. The lowest BCUT2D eigenvalue weighted by Gasteiger charge is -2.09. The summed E-state index contributed by atoms with van der Waals surface area (Å²) >= 11 is 0. The quantitative estimate of drug-likeness (QED) is 0.536. The van der Waals surface area contributed by atoms with Crippen molar-refractivity contribution in [2.75, 3.05) is 0 Å². The Balaban J connectivity index is 2.14. The van der Waals surface area contributed by atoms with Crippen LogP contribution in [0, 0.1) is 0 Å². The first-order chi connectivity index (χ1) is 10.8. The predicted molar refractivity (Wildman–Crippen MR) is 85.6 cm³/mol. The van der Waals surface area contributed by atoms with Crippen LogP contribution in [0.25, 0.3) is 33.4 Å². The summed E-state index contributed by atoms with van der Waals surface area (Å²) in [5, 5.41) is 0.765. The van der Waals surface area contributed by atoms with E-state index in [-0.39, 0.29) is 5.58 Å². The molecule has 0 amide bonds. The molecule has 106 valence electrons. The lowest BCUT2D eigenvalue weighted by atomic mass is 9.98. The maximum Gasteiger partial charge on any atom is 0.380 e. The van der Waals surface area contributed by atoms with Gasteiger partial charge in [-0.2, -0.15) is 0 Å². The van der Waals surface area contributed by atoms with Crippen molar-refractivity contribution in [3.63, 3.8) is 0 Å². The van der Waals surface area contributed by atoms with Crippen LogP contribution in [-0.4, -0.2) is 0 Å². The smallest absolute Gasteiger partial charge is 0.380 e. The van der Waals surface area contributed by atoms with E-state index in [1.807, 2.05) is 60.7 Å². The maximum atomic E-state index is 12.2. The van der Waals surface area contributed by atoms with E-state index in [4.69, 9.17) is 8.83 Å². The van der Waals surface area contributed by atoms with Crippen molar-refractivity contribution in [1.29, 1.82) is 0 Å². The van der Waals surface area contributed by atoms with Crippen molar-refractivity contribution in [1.82, 2.24) is 0 Å². The minimum atomic E-state index is -0.460. The van der Waals surface area contributed by atoms with E-state index in [2.05, 4.69) is 0 Å². The fraction of sp³-hybridized carbons (Fsp3) is 0. The molecule has 0 aliphatic rings. The Hall–Kier alpha value is -3.07. The Kier molecular flexibility index (Phi) is 2.90. The van der Waals surface area contributed by atoms with Gasteiger partial charge < -0.3 is 8.83 Å². The monoisotopic (exact) mass is 288 g/mol. The van der Waals surface area contributed by atoms with E-state index in [1.165, 1.54) is 6.26 Å². The second kappa shape index (κ2) is 5.04. The standard InChI is InChI=1S/C19H12O3/c20-19-18-15(11-12-21-18)16(13-7-3-1-4-8-13)17(22-19)14-9-5-2-6-10-14/h1-12H. The number of rotatable bonds is 2. The molecule has 2 aromatic carbocycles. The Bertz CT molecular complexity index is 980. The van der Waals surface area contributed by atoms with Crippen molar-refractivity contribution in [3.05, 3.63) is 83.4 Å². The van der Waals surface area contributed by atoms with Crippen LogP contribution in [-0.2, 0) is 0 Å². The van der Waals surface area contributed by atoms with Gasteiger partial charge in [0.15, 0.2) is 0 Å². The summed E-state index contributed by atoms with van der Waals surface area (Å²) in [5.41, 5.74) is 2.50. The van der Waals surface area contributed by atoms with Gasteiger partial charge in [-0.25, -0.2) is 4.79 Å². The summed E-state index contributed by atoms with van der Waals surface area (Å²) in [6, 6.07) is 21.3. The van der Waals surface area contributed by atoms with Crippen molar-refractivity contribution in [3.8, 4) is 22.5 Å². The molecule has 0 aliphatic heterocycles. The third-order valence-corrected chi connectivity index (χ3v) is 3.64. The summed E-state index contributed by atoms with van der Waals surface area (Å²) in [5.74, 6) is 0.561. The molecule has 0 atom stereocenters. The number of fused-ring (bicyclic) bond motifs is 1. The fourth-order valence-electron chi connectivity index (χ4n) is 2.66. The second-order valence-corrected chi connectivity index (χ2v) is 4.99.